The Morgan fingerprint density at radius 2 is 2.22 bits per heavy atom. The van der Waals surface area contributed by atoms with E-state index in [4.69, 9.17) is 0 Å². The van der Waals surface area contributed by atoms with Crippen molar-refractivity contribution in [3.8, 4) is 0 Å². The quantitative estimate of drug-likeness (QED) is 0.869. The minimum Gasteiger partial charge on any atom is -0.325 e. The summed E-state index contributed by atoms with van der Waals surface area (Å²) in [6.45, 7) is 5.02. The van der Waals surface area contributed by atoms with Crippen LogP contribution in [0.1, 0.15) is 25.3 Å². The lowest BCUT2D eigenvalue weighted by Gasteiger charge is -2.11. The van der Waals surface area contributed by atoms with Crippen LogP contribution in [0.4, 0.5) is 16.0 Å². The summed E-state index contributed by atoms with van der Waals surface area (Å²) in [5.74, 6) is 0.520. The molecule has 2 rings (SSSR count). The highest BCUT2D eigenvalue weighted by molar-refractivity contribution is 5.58. The van der Waals surface area contributed by atoms with E-state index in [-0.39, 0.29) is 5.82 Å². The first-order valence-electron chi connectivity index (χ1n) is 6.25. The molecule has 0 aliphatic heterocycles. The summed E-state index contributed by atoms with van der Waals surface area (Å²) in [6.07, 6.45) is 5.93. The van der Waals surface area contributed by atoms with Gasteiger partial charge < -0.3 is 9.88 Å². The van der Waals surface area contributed by atoms with Gasteiger partial charge in [0.05, 0.1) is 0 Å². The van der Waals surface area contributed by atoms with Crippen molar-refractivity contribution in [2.75, 3.05) is 5.32 Å². The van der Waals surface area contributed by atoms with Crippen LogP contribution in [-0.4, -0.2) is 9.55 Å². The minimum atomic E-state index is -0.241. The number of hydrogen-bond donors (Lipinski definition) is 1. The lowest BCUT2D eigenvalue weighted by atomic mass is 10.2. The maximum absolute atomic E-state index is 13.2. The van der Waals surface area contributed by atoms with Gasteiger partial charge in [0.1, 0.15) is 5.82 Å². The molecule has 0 amide bonds. The summed E-state index contributed by atoms with van der Waals surface area (Å²) < 4.78 is 15.3. The number of aryl methyl sites for hydroxylation is 2. The topological polar surface area (TPSA) is 29.9 Å². The molecule has 96 valence electrons. The van der Waals surface area contributed by atoms with E-state index in [2.05, 4.69) is 17.2 Å². The van der Waals surface area contributed by atoms with Crippen LogP contribution in [0.25, 0.3) is 0 Å². The van der Waals surface area contributed by atoms with Crippen molar-refractivity contribution in [2.24, 2.45) is 0 Å². The second-order valence-corrected chi connectivity index (χ2v) is 4.38. The summed E-state index contributed by atoms with van der Waals surface area (Å²) >= 11 is 0. The van der Waals surface area contributed by atoms with Crippen molar-refractivity contribution >= 4 is 11.6 Å². The summed E-state index contributed by atoms with van der Waals surface area (Å²) in [6, 6.07) is 4.72. The van der Waals surface area contributed by atoms with E-state index >= 15 is 0 Å². The normalized spacial score (nSPS) is 10.6. The SMILES string of the molecule is CCCCn1ccnc1Nc1cc(F)ccc1C. The van der Waals surface area contributed by atoms with Crippen LogP contribution >= 0.6 is 0 Å². The molecule has 0 unspecified atom stereocenters. The smallest absolute Gasteiger partial charge is 0.207 e. The number of benzene rings is 1. The van der Waals surface area contributed by atoms with Crippen LogP contribution < -0.4 is 5.32 Å². The first-order chi connectivity index (χ1) is 8.70. The number of nitrogens with one attached hydrogen (secondary N) is 1. The van der Waals surface area contributed by atoms with E-state index in [1.165, 1.54) is 12.1 Å². The monoisotopic (exact) mass is 247 g/mol. The molecule has 1 heterocycles. The molecule has 0 fully saturated rings. The summed E-state index contributed by atoms with van der Waals surface area (Å²) in [7, 11) is 0. The maximum atomic E-state index is 13.2. The molecular weight excluding hydrogens is 229 g/mol. The molecule has 0 radical (unpaired) electrons. The van der Waals surface area contributed by atoms with Gasteiger partial charge in [-0.3, -0.25) is 0 Å². The molecule has 2 aromatic rings. The summed E-state index contributed by atoms with van der Waals surface area (Å²) in [5.41, 5.74) is 1.76. The molecule has 0 aliphatic carbocycles. The summed E-state index contributed by atoms with van der Waals surface area (Å²) in [5, 5.41) is 3.18. The van der Waals surface area contributed by atoms with Gasteiger partial charge in [-0.05, 0) is 31.0 Å². The van der Waals surface area contributed by atoms with E-state index in [1.807, 2.05) is 17.7 Å². The first kappa shape index (κ1) is 12.6. The average Bonchev–Trinajstić information content (AvgIpc) is 2.79. The van der Waals surface area contributed by atoms with Crippen LogP contribution in [0, 0.1) is 12.7 Å². The molecule has 0 bridgehead atoms. The predicted molar refractivity (Wildman–Crippen MR) is 71.6 cm³/mol. The van der Waals surface area contributed by atoms with Crippen LogP contribution in [0.2, 0.25) is 0 Å². The van der Waals surface area contributed by atoms with Crippen LogP contribution in [-0.2, 0) is 6.54 Å². The number of aromatic nitrogens is 2. The number of imidazole rings is 1. The van der Waals surface area contributed by atoms with Crippen LogP contribution in [0.15, 0.2) is 30.6 Å². The molecule has 3 nitrogen and oxygen atoms in total. The van der Waals surface area contributed by atoms with Gasteiger partial charge in [0.25, 0.3) is 0 Å². The number of halogens is 1. The number of unbranched alkanes of at least 4 members (excludes halogenated alkanes) is 1. The van der Waals surface area contributed by atoms with Crippen molar-refractivity contribution in [2.45, 2.75) is 33.2 Å². The second kappa shape index (κ2) is 5.67. The first-order valence-corrected chi connectivity index (χ1v) is 6.25. The molecule has 0 saturated heterocycles. The van der Waals surface area contributed by atoms with Gasteiger partial charge in [0.2, 0.25) is 5.95 Å². The largest absolute Gasteiger partial charge is 0.325 e. The molecular formula is C14H18FN3. The van der Waals surface area contributed by atoms with Crippen LogP contribution in [0.3, 0.4) is 0 Å². The lowest BCUT2D eigenvalue weighted by molar-refractivity contribution is 0.627. The highest BCUT2D eigenvalue weighted by atomic mass is 19.1. The van der Waals surface area contributed by atoms with Gasteiger partial charge in [-0.25, -0.2) is 9.37 Å². The van der Waals surface area contributed by atoms with Gasteiger partial charge in [-0.1, -0.05) is 19.4 Å². The Morgan fingerprint density at radius 1 is 1.39 bits per heavy atom. The van der Waals surface area contributed by atoms with Crippen LogP contribution in [0.5, 0.6) is 0 Å². The fourth-order valence-corrected chi connectivity index (χ4v) is 1.79. The second-order valence-electron chi connectivity index (χ2n) is 4.38. The average molecular weight is 247 g/mol. The van der Waals surface area contributed by atoms with E-state index in [0.717, 1.165) is 36.6 Å². The number of nitrogens with zero attached hydrogens (tertiary/aromatic N) is 2. The van der Waals surface area contributed by atoms with E-state index in [9.17, 15) is 4.39 Å². The van der Waals surface area contributed by atoms with Gasteiger partial charge in [0.15, 0.2) is 0 Å². The zero-order valence-corrected chi connectivity index (χ0v) is 10.8. The fraction of sp³-hybridized carbons (Fsp3) is 0.357. The third-order valence-electron chi connectivity index (χ3n) is 2.91. The lowest BCUT2D eigenvalue weighted by Crippen LogP contribution is -2.04. The summed E-state index contributed by atoms with van der Waals surface area (Å²) in [4.78, 5) is 4.26. The Labute approximate surface area is 107 Å². The van der Waals surface area contributed by atoms with Gasteiger partial charge in [-0.2, -0.15) is 0 Å². The number of anilines is 2. The molecule has 0 aliphatic rings. The molecule has 0 saturated carbocycles. The highest BCUT2D eigenvalue weighted by Crippen LogP contribution is 2.20. The van der Waals surface area contributed by atoms with Crippen molar-refractivity contribution in [3.05, 3.63) is 42.0 Å². The Balaban J connectivity index is 2.18. The minimum absolute atomic E-state index is 0.241. The van der Waals surface area contributed by atoms with E-state index in [0.29, 0.717) is 0 Å². The molecule has 0 atom stereocenters. The Morgan fingerprint density at radius 3 is 3.00 bits per heavy atom. The number of rotatable bonds is 5. The molecule has 1 aromatic carbocycles. The number of hydrogen-bond acceptors (Lipinski definition) is 2. The third-order valence-corrected chi connectivity index (χ3v) is 2.91. The molecule has 1 N–H and O–H groups in total. The van der Waals surface area contributed by atoms with E-state index in [1.54, 1.807) is 12.3 Å². The van der Waals surface area contributed by atoms with Crippen molar-refractivity contribution in [3.63, 3.8) is 0 Å². The van der Waals surface area contributed by atoms with Gasteiger partial charge in [0, 0.05) is 24.6 Å². The molecule has 0 spiro atoms. The van der Waals surface area contributed by atoms with E-state index < -0.39 is 0 Å². The Hall–Kier alpha value is -1.84. The Kier molecular flexibility index (Phi) is 3.97. The highest BCUT2D eigenvalue weighted by Gasteiger charge is 2.05. The Bertz CT molecular complexity index is 520. The predicted octanol–water partition coefficient (Wildman–Crippen LogP) is 3.87. The molecule has 18 heavy (non-hydrogen) atoms. The van der Waals surface area contributed by atoms with Crippen molar-refractivity contribution < 1.29 is 4.39 Å². The van der Waals surface area contributed by atoms with Crippen molar-refractivity contribution in [1.29, 1.82) is 0 Å². The zero-order chi connectivity index (χ0) is 13.0. The molecule has 1 aromatic heterocycles. The third kappa shape index (κ3) is 2.88. The standard InChI is InChI=1S/C14H18FN3/c1-3-4-8-18-9-7-16-14(18)17-13-10-12(15)6-5-11(13)2/h5-7,9-10H,3-4,8H2,1-2H3,(H,16,17). The van der Waals surface area contributed by atoms with Crippen molar-refractivity contribution in [1.82, 2.24) is 9.55 Å². The molecule has 4 heteroatoms. The fourth-order valence-electron chi connectivity index (χ4n) is 1.79. The zero-order valence-electron chi connectivity index (χ0n) is 10.8. The van der Waals surface area contributed by atoms with Gasteiger partial charge >= 0.3 is 0 Å². The van der Waals surface area contributed by atoms with Gasteiger partial charge in [-0.15, -0.1) is 0 Å². The maximum Gasteiger partial charge on any atom is 0.207 e.